The molecule has 3 rings (SSSR count). The van der Waals surface area contributed by atoms with Crippen LogP contribution in [0, 0.1) is 0 Å². The first-order chi connectivity index (χ1) is 10.2. The minimum absolute atomic E-state index is 0.826. The predicted molar refractivity (Wildman–Crippen MR) is 86.4 cm³/mol. The van der Waals surface area contributed by atoms with Crippen LogP contribution in [0.3, 0.4) is 0 Å². The van der Waals surface area contributed by atoms with Crippen LogP contribution in [0.2, 0.25) is 0 Å². The minimum atomic E-state index is 0.826. The first-order valence-corrected chi connectivity index (χ1v) is 7.51. The molecule has 0 amide bonds. The molecular weight excluding hydrogens is 262 g/mol. The van der Waals surface area contributed by atoms with E-state index in [9.17, 15) is 0 Å². The number of hydrogen-bond acceptors (Lipinski definition) is 4. The Balaban J connectivity index is 1.49. The number of piperazine rings is 1. The molecule has 2 N–H and O–H groups in total. The second-order valence-electron chi connectivity index (χ2n) is 5.62. The van der Waals surface area contributed by atoms with Crippen LogP contribution in [0.15, 0.2) is 36.7 Å². The van der Waals surface area contributed by atoms with Crippen molar-refractivity contribution in [1.82, 2.24) is 14.5 Å². The fourth-order valence-corrected chi connectivity index (χ4v) is 2.81. The molecule has 0 saturated carbocycles. The summed E-state index contributed by atoms with van der Waals surface area (Å²) in [5, 5.41) is 0. The molecule has 1 aliphatic rings. The highest BCUT2D eigenvalue weighted by atomic mass is 15.3. The van der Waals surface area contributed by atoms with Gasteiger partial charge in [0, 0.05) is 70.0 Å². The molecule has 0 radical (unpaired) electrons. The van der Waals surface area contributed by atoms with Crippen molar-refractivity contribution in [2.75, 3.05) is 43.4 Å². The van der Waals surface area contributed by atoms with Gasteiger partial charge in [-0.3, -0.25) is 4.90 Å². The van der Waals surface area contributed by atoms with Crippen LogP contribution in [0.4, 0.5) is 11.4 Å². The number of hydrogen-bond donors (Lipinski definition) is 1. The molecule has 1 saturated heterocycles. The largest absolute Gasteiger partial charge is 0.399 e. The van der Waals surface area contributed by atoms with Crippen molar-refractivity contribution >= 4 is 11.4 Å². The summed E-state index contributed by atoms with van der Waals surface area (Å²) >= 11 is 0. The highest BCUT2D eigenvalue weighted by molar-refractivity contribution is 5.53. The van der Waals surface area contributed by atoms with E-state index in [-0.39, 0.29) is 0 Å². The fraction of sp³-hybridized carbons (Fsp3) is 0.438. The average Bonchev–Trinajstić information content (AvgIpc) is 2.92. The highest BCUT2D eigenvalue weighted by Crippen LogP contribution is 2.18. The number of imidazole rings is 1. The lowest BCUT2D eigenvalue weighted by Crippen LogP contribution is -2.47. The van der Waals surface area contributed by atoms with Crippen molar-refractivity contribution in [3.63, 3.8) is 0 Å². The summed E-state index contributed by atoms with van der Waals surface area (Å²) < 4.78 is 2.10. The zero-order valence-electron chi connectivity index (χ0n) is 12.6. The van der Waals surface area contributed by atoms with Crippen LogP contribution in [0.25, 0.3) is 0 Å². The molecular formula is C16H23N5. The maximum Gasteiger partial charge on any atom is 0.109 e. The molecule has 0 spiro atoms. The molecule has 112 valence electrons. The fourth-order valence-electron chi connectivity index (χ4n) is 2.81. The lowest BCUT2D eigenvalue weighted by molar-refractivity contribution is 0.259. The Kier molecular flexibility index (Phi) is 4.10. The highest BCUT2D eigenvalue weighted by Gasteiger charge is 2.17. The number of anilines is 2. The lowest BCUT2D eigenvalue weighted by atomic mass is 10.2. The van der Waals surface area contributed by atoms with Crippen molar-refractivity contribution in [2.24, 2.45) is 7.05 Å². The summed E-state index contributed by atoms with van der Waals surface area (Å²) in [5.41, 5.74) is 7.84. The number of nitrogens with two attached hydrogens (primary N) is 1. The van der Waals surface area contributed by atoms with Crippen LogP contribution >= 0.6 is 0 Å². The van der Waals surface area contributed by atoms with E-state index in [1.807, 2.05) is 24.5 Å². The predicted octanol–water partition coefficient (Wildman–Crippen LogP) is 1.37. The summed E-state index contributed by atoms with van der Waals surface area (Å²) in [7, 11) is 2.06. The first kappa shape index (κ1) is 13.9. The molecule has 5 heteroatoms. The van der Waals surface area contributed by atoms with Gasteiger partial charge in [-0.05, 0) is 24.3 Å². The van der Waals surface area contributed by atoms with E-state index >= 15 is 0 Å². The maximum atomic E-state index is 5.74. The minimum Gasteiger partial charge on any atom is -0.399 e. The van der Waals surface area contributed by atoms with Gasteiger partial charge in [0.2, 0.25) is 0 Å². The van der Waals surface area contributed by atoms with E-state index in [0.29, 0.717) is 0 Å². The van der Waals surface area contributed by atoms with Gasteiger partial charge in [0.15, 0.2) is 0 Å². The molecule has 0 atom stereocenters. The Hall–Kier alpha value is -2.01. The van der Waals surface area contributed by atoms with Gasteiger partial charge < -0.3 is 15.2 Å². The van der Waals surface area contributed by atoms with Crippen molar-refractivity contribution in [1.29, 1.82) is 0 Å². The summed E-state index contributed by atoms with van der Waals surface area (Å²) in [6.07, 6.45) is 4.90. The average molecular weight is 285 g/mol. The van der Waals surface area contributed by atoms with Gasteiger partial charge in [0.1, 0.15) is 5.82 Å². The summed E-state index contributed by atoms with van der Waals surface area (Å²) in [5.74, 6) is 1.16. The van der Waals surface area contributed by atoms with Gasteiger partial charge in [0.25, 0.3) is 0 Å². The van der Waals surface area contributed by atoms with E-state index in [4.69, 9.17) is 5.73 Å². The Morgan fingerprint density at radius 1 is 1.10 bits per heavy atom. The van der Waals surface area contributed by atoms with E-state index < -0.39 is 0 Å². The molecule has 2 aromatic rings. The third-order valence-electron chi connectivity index (χ3n) is 4.20. The van der Waals surface area contributed by atoms with Gasteiger partial charge in [-0.2, -0.15) is 0 Å². The van der Waals surface area contributed by atoms with Gasteiger partial charge in [-0.1, -0.05) is 0 Å². The van der Waals surface area contributed by atoms with Gasteiger partial charge in [0.05, 0.1) is 0 Å². The van der Waals surface area contributed by atoms with Crippen LogP contribution in [-0.4, -0.2) is 47.2 Å². The third-order valence-corrected chi connectivity index (χ3v) is 4.20. The molecule has 1 fully saturated rings. The van der Waals surface area contributed by atoms with E-state index in [1.54, 1.807) is 0 Å². The van der Waals surface area contributed by atoms with Crippen molar-refractivity contribution < 1.29 is 0 Å². The number of nitrogen functional groups attached to an aromatic ring is 1. The summed E-state index contributed by atoms with van der Waals surface area (Å²) in [4.78, 5) is 9.33. The van der Waals surface area contributed by atoms with E-state index in [0.717, 1.165) is 50.7 Å². The molecule has 1 aromatic heterocycles. The zero-order chi connectivity index (χ0) is 14.7. The Labute approximate surface area is 126 Å². The lowest BCUT2D eigenvalue weighted by Gasteiger charge is -2.36. The first-order valence-electron chi connectivity index (χ1n) is 7.51. The van der Waals surface area contributed by atoms with Crippen LogP contribution in [0.1, 0.15) is 5.82 Å². The zero-order valence-corrected chi connectivity index (χ0v) is 12.6. The SMILES string of the molecule is Cn1ccnc1CCN1CCN(c2ccc(N)cc2)CC1. The monoisotopic (exact) mass is 285 g/mol. The molecule has 0 aliphatic carbocycles. The van der Waals surface area contributed by atoms with E-state index in [1.165, 1.54) is 5.69 Å². The van der Waals surface area contributed by atoms with Gasteiger partial charge in [-0.15, -0.1) is 0 Å². The second-order valence-corrected chi connectivity index (χ2v) is 5.62. The van der Waals surface area contributed by atoms with Crippen LogP contribution < -0.4 is 10.6 Å². The molecule has 21 heavy (non-hydrogen) atoms. The summed E-state index contributed by atoms with van der Waals surface area (Å²) in [6, 6.07) is 8.17. The molecule has 0 bridgehead atoms. The normalized spacial score (nSPS) is 16.3. The topological polar surface area (TPSA) is 50.3 Å². The number of benzene rings is 1. The number of aromatic nitrogens is 2. The quantitative estimate of drug-likeness (QED) is 0.862. The standard InChI is InChI=1S/C16H23N5/c1-19-9-7-18-16(19)6-8-20-10-12-21(13-11-20)15-4-2-14(17)3-5-15/h2-5,7,9H,6,8,10-13,17H2,1H3. The smallest absolute Gasteiger partial charge is 0.109 e. The molecule has 0 unspecified atom stereocenters. The van der Waals surface area contributed by atoms with Gasteiger partial charge in [-0.25, -0.2) is 4.98 Å². The molecule has 2 heterocycles. The van der Waals surface area contributed by atoms with Crippen molar-refractivity contribution in [2.45, 2.75) is 6.42 Å². The number of rotatable bonds is 4. The van der Waals surface area contributed by atoms with Crippen molar-refractivity contribution in [3.05, 3.63) is 42.5 Å². The second kappa shape index (κ2) is 6.18. The molecule has 5 nitrogen and oxygen atoms in total. The van der Waals surface area contributed by atoms with Gasteiger partial charge >= 0.3 is 0 Å². The van der Waals surface area contributed by atoms with E-state index in [2.05, 4.69) is 38.5 Å². The van der Waals surface area contributed by atoms with Crippen LogP contribution in [-0.2, 0) is 13.5 Å². The Bertz CT molecular complexity index is 567. The molecule has 1 aromatic carbocycles. The van der Waals surface area contributed by atoms with Crippen molar-refractivity contribution in [3.8, 4) is 0 Å². The number of nitrogens with zero attached hydrogens (tertiary/aromatic N) is 4. The third kappa shape index (κ3) is 3.36. The summed E-state index contributed by atoms with van der Waals surface area (Å²) in [6.45, 7) is 5.44. The van der Waals surface area contributed by atoms with Crippen LogP contribution in [0.5, 0.6) is 0 Å². The number of aryl methyl sites for hydroxylation is 1. The Morgan fingerprint density at radius 2 is 1.81 bits per heavy atom. The maximum absolute atomic E-state index is 5.74. The molecule has 1 aliphatic heterocycles. The Morgan fingerprint density at radius 3 is 2.43 bits per heavy atom.